The van der Waals surface area contributed by atoms with Crippen LogP contribution in [0.4, 0.5) is 11.4 Å². The van der Waals surface area contributed by atoms with Gasteiger partial charge in [-0.25, -0.2) is 0 Å². The van der Waals surface area contributed by atoms with Crippen molar-refractivity contribution in [3.8, 4) is 0 Å². The minimum atomic E-state index is -0.420. The lowest BCUT2D eigenvalue weighted by molar-refractivity contribution is -0.384. The second-order valence-electron chi connectivity index (χ2n) is 7.94. The van der Waals surface area contributed by atoms with Gasteiger partial charge in [-0.1, -0.05) is 52.3 Å². The monoisotopic (exact) mass is 502 g/mol. The number of pyridine rings is 1. The van der Waals surface area contributed by atoms with Crippen LogP contribution < -0.4 is 10.6 Å². The highest BCUT2D eigenvalue weighted by Gasteiger charge is 2.32. The molecule has 0 saturated carbocycles. The number of aromatic amines is 1. The van der Waals surface area contributed by atoms with Gasteiger partial charge in [-0.05, 0) is 42.3 Å². The van der Waals surface area contributed by atoms with Gasteiger partial charge in [-0.15, -0.1) is 0 Å². The van der Waals surface area contributed by atoms with E-state index in [1.165, 1.54) is 12.1 Å². The number of hydrogen-bond acceptors (Lipinski definition) is 5. The van der Waals surface area contributed by atoms with Crippen LogP contribution in [0.25, 0.3) is 10.9 Å². The largest absolute Gasteiger partial charge is 0.321 e. The third-order valence-corrected chi connectivity index (χ3v) is 6.47. The van der Waals surface area contributed by atoms with Crippen LogP contribution in [0.1, 0.15) is 29.2 Å². The molecule has 7 nitrogen and oxygen atoms in total. The molecule has 164 valence electrons. The molecule has 0 radical (unpaired) electrons. The molecule has 4 aromatic rings. The Kier molecular flexibility index (Phi) is 5.30. The SMILES string of the molecule is Cc1c(C2=NN(c3cccc([N+](=O)[O-])c3)C(c3ccc(Br)cc3)C2)c(=O)[nH]c2ccccc12. The van der Waals surface area contributed by atoms with Gasteiger partial charge in [0.1, 0.15) is 0 Å². The molecule has 2 heterocycles. The number of rotatable bonds is 4. The maximum atomic E-state index is 13.1. The number of non-ortho nitro benzene ring substituents is 1. The fourth-order valence-corrected chi connectivity index (χ4v) is 4.61. The van der Waals surface area contributed by atoms with E-state index in [-0.39, 0.29) is 17.3 Å². The molecule has 1 aliphatic heterocycles. The summed E-state index contributed by atoms with van der Waals surface area (Å²) in [7, 11) is 0. The molecular weight excluding hydrogens is 484 g/mol. The Morgan fingerprint density at radius 3 is 2.61 bits per heavy atom. The Balaban J connectivity index is 1.67. The fourth-order valence-electron chi connectivity index (χ4n) is 4.35. The number of nitro groups is 1. The zero-order valence-electron chi connectivity index (χ0n) is 17.7. The Labute approximate surface area is 197 Å². The molecular formula is C25H19BrN4O3. The number of aromatic nitrogens is 1. The van der Waals surface area contributed by atoms with Gasteiger partial charge < -0.3 is 4.98 Å². The van der Waals surface area contributed by atoms with Gasteiger partial charge in [0.15, 0.2) is 0 Å². The number of hydrazone groups is 1. The summed E-state index contributed by atoms with van der Waals surface area (Å²) < 4.78 is 0.953. The number of nitrogens with one attached hydrogen (secondary N) is 1. The first kappa shape index (κ1) is 21.1. The van der Waals surface area contributed by atoms with E-state index in [4.69, 9.17) is 5.10 Å². The maximum absolute atomic E-state index is 13.1. The zero-order valence-corrected chi connectivity index (χ0v) is 19.2. The highest BCUT2D eigenvalue weighted by molar-refractivity contribution is 9.10. The van der Waals surface area contributed by atoms with Crippen LogP contribution in [-0.2, 0) is 0 Å². The standard InChI is InChI=1S/C25H19BrN4O3/c1-15-20-7-2-3-8-21(20)27-25(31)24(15)22-14-23(16-9-11-17(26)12-10-16)29(28-22)18-5-4-6-19(13-18)30(32)33/h2-13,23H,14H2,1H3,(H,27,31). The molecule has 0 fully saturated rings. The van der Waals surface area contributed by atoms with Gasteiger partial charge >= 0.3 is 0 Å². The number of hydrogen-bond donors (Lipinski definition) is 1. The molecule has 1 unspecified atom stereocenters. The summed E-state index contributed by atoms with van der Waals surface area (Å²) in [5, 5.41) is 18.9. The minimum absolute atomic E-state index is 0.00885. The van der Waals surface area contributed by atoms with Crippen molar-refractivity contribution < 1.29 is 4.92 Å². The summed E-state index contributed by atoms with van der Waals surface area (Å²) in [5.74, 6) is 0. The average Bonchev–Trinajstić information content (AvgIpc) is 3.24. The van der Waals surface area contributed by atoms with Crippen LogP contribution in [0, 0.1) is 17.0 Å². The maximum Gasteiger partial charge on any atom is 0.271 e. The van der Waals surface area contributed by atoms with Gasteiger partial charge in [-0.3, -0.25) is 19.9 Å². The van der Waals surface area contributed by atoms with Gasteiger partial charge in [0.05, 0.1) is 27.9 Å². The Hall–Kier alpha value is -3.78. The summed E-state index contributed by atoms with van der Waals surface area (Å²) >= 11 is 3.47. The number of benzene rings is 3. The topological polar surface area (TPSA) is 91.6 Å². The zero-order chi connectivity index (χ0) is 23.1. The number of nitrogens with zero attached hydrogens (tertiary/aromatic N) is 3. The molecule has 8 heteroatoms. The highest BCUT2D eigenvalue weighted by atomic mass is 79.9. The van der Waals surface area contributed by atoms with Crippen molar-refractivity contribution in [1.29, 1.82) is 0 Å². The van der Waals surface area contributed by atoms with E-state index in [9.17, 15) is 14.9 Å². The van der Waals surface area contributed by atoms with Crippen molar-refractivity contribution in [3.05, 3.63) is 114 Å². The van der Waals surface area contributed by atoms with Gasteiger partial charge in [0.25, 0.3) is 11.2 Å². The molecule has 1 atom stereocenters. The molecule has 33 heavy (non-hydrogen) atoms. The van der Waals surface area contributed by atoms with E-state index in [0.717, 1.165) is 26.5 Å². The van der Waals surface area contributed by atoms with E-state index in [1.54, 1.807) is 17.1 Å². The number of halogens is 1. The van der Waals surface area contributed by atoms with E-state index >= 15 is 0 Å². The van der Waals surface area contributed by atoms with Crippen molar-refractivity contribution in [2.75, 3.05) is 5.01 Å². The Bertz CT molecular complexity index is 1480. The molecule has 1 N–H and O–H groups in total. The second kappa shape index (κ2) is 8.29. The number of aryl methyl sites for hydroxylation is 1. The number of H-pyrrole nitrogens is 1. The molecule has 0 amide bonds. The lowest BCUT2D eigenvalue weighted by atomic mass is 9.95. The summed E-state index contributed by atoms with van der Waals surface area (Å²) in [4.78, 5) is 27.0. The second-order valence-corrected chi connectivity index (χ2v) is 8.86. The summed E-state index contributed by atoms with van der Waals surface area (Å²) in [6, 6.07) is 21.8. The average molecular weight is 503 g/mol. The normalized spacial score (nSPS) is 15.6. The van der Waals surface area contributed by atoms with Crippen molar-refractivity contribution >= 4 is 43.9 Å². The summed E-state index contributed by atoms with van der Waals surface area (Å²) in [6.07, 6.45) is 0.493. The molecule has 3 aromatic carbocycles. The van der Waals surface area contributed by atoms with E-state index in [1.807, 2.05) is 55.5 Å². The molecule has 0 spiro atoms. The molecule has 0 bridgehead atoms. The Morgan fingerprint density at radius 2 is 1.85 bits per heavy atom. The molecule has 0 aliphatic carbocycles. The van der Waals surface area contributed by atoms with Crippen LogP contribution in [0.2, 0.25) is 0 Å². The minimum Gasteiger partial charge on any atom is -0.321 e. The van der Waals surface area contributed by atoms with E-state index in [0.29, 0.717) is 23.4 Å². The number of nitro benzene ring substituents is 1. The number of fused-ring (bicyclic) bond motifs is 1. The van der Waals surface area contributed by atoms with Crippen molar-refractivity contribution in [1.82, 2.24) is 4.98 Å². The molecule has 0 saturated heterocycles. The van der Waals surface area contributed by atoms with Crippen LogP contribution >= 0.6 is 15.9 Å². The summed E-state index contributed by atoms with van der Waals surface area (Å²) in [5.41, 5.74) is 4.24. The fraction of sp³-hybridized carbons (Fsp3) is 0.120. The van der Waals surface area contributed by atoms with Crippen LogP contribution in [-0.4, -0.2) is 15.6 Å². The predicted octanol–water partition coefficient (Wildman–Crippen LogP) is 5.86. The number of anilines is 1. The number of para-hydroxylation sites is 1. The van der Waals surface area contributed by atoms with Crippen LogP contribution in [0.3, 0.4) is 0 Å². The van der Waals surface area contributed by atoms with Crippen molar-refractivity contribution in [2.24, 2.45) is 5.10 Å². The van der Waals surface area contributed by atoms with Crippen LogP contribution in [0.5, 0.6) is 0 Å². The quantitative estimate of drug-likeness (QED) is 0.279. The smallest absolute Gasteiger partial charge is 0.271 e. The predicted molar refractivity (Wildman–Crippen MR) is 133 cm³/mol. The first-order valence-corrected chi connectivity index (χ1v) is 11.2. The lowest BCUT2D eigenvalue weighted by Gasteiger charge is -2.24. The van der Waals surface area contributed by atoms with Crippen LogP contribution in [0.15, 0.2) is 87.2 Å². The first-order valence-electron chi connectivity index (χ1n) is 10.4. The molecule has 1 aromatic heterocycles. The lowest BCUT2D eigenvalue weighted by Crippen LogP contribution is -2.20. The first-order chi connectivity index (χ1) is 15.9. The van der Waals surface area contributed by atoms with Gasteiger partial charge in [0, 0.05) is 33.9 Å². The highest BCUT2D eigenvalue weighted by Crippen LogP contribution is 2.38. The van der Waals surface area contributed by atoms with Gasteiger partial charge in [0.2, 0.25) is 0 Å². The molecule has 1 aliphatic rings. The van der Waals surface area contributed by atoms with E-state index < -0.39 is 4.92 Å². The Morgan fingerprint density at radius 1 is 1.09 bits per heavy atom. The van der Waals surface area contributed by atoms with Crippen molar-refractivity contribution in [2.45, 2.75) is 19.4 Å². The van der Waals surface area contributed by atoms with Gasteiger partial charge in [-0.2, -0.15) is 5.10 Å². The third kappa shape index (κ3) is 3.82. The summed E-state index contributed by atoms with van der Waals surface area (Å²) in [6.45, 7) is 1.93. The molecule has 5 rings (SSSR count). The van der Waals surface area contributed by atoms with Crippen molar-refractivity contribution in [3.63, 3.8) is 0 Å². The van der Waals surface area contributed by atoms with E-state index in [2.05, 4.69) is 20.9 Å². The third-order valence-electron chi connectivity index (χ3n) is 5.94.